The maximum atomic E-state index is 5.57. The summed E-state index contributed by atoms with van der Waals surface area (Å²) in [5.74, 6) is 1.80. The lowest BCUT2D eigenvalue weighted by molar-refractivity contribution is -0.0245. The van der Waals surface area contributed by atoms with Crippen molar-refractivity contribution in [2.45, 2.75) is 32.3 Å². The Balaban J connectivity index is 1.89. The van der Waals surface area contributed by atoms with Crippen LogP contribution in [0.5, 0.6) is 0 Å². The van der Waals surface area contributed by atoms with E-state index in [4.69, 9.17) is 22.7 Å². The van der Waals surface area contributed by atoms with Crippen LogP contribution in [0.2, 0.25) is 0 Å². The van der Waals surface area contributed by atoms with Crippen LogP contribution in [-0.4, -0.2) is 27.7 Å². The Morgan fingerprint density at radius 1 is 1.50 bits per heavy atom. The highest BCUT2D eigenvalue weighted by Gasteiger charge is 2.29. The quantitative estimate of drug-likeness (QED) is 0.779. The van der Waals surface area contributed by atoms with Crippen molar-refractivity contribution in [1.29, 1.82) is 0 Å². The van der Waals surface area contributed by atoms with Crippen LogP contribution in [0, 0.1) is 10.7 Å². The van der Waals surface area contributed by atoms with Crippen molar-refractivity contribution in [3.63, 3.8) is 0 Å². The second kappa shape index (κ2) is 4.88. The first-order valence-corrected chi connectivity index (χ1v) is 5.92. The molecule has 0 radical (unpaired) electrons. The van der Waals surface area contributed by atoms with E-state index in [0.29, 0.717) is 22.7 Å². The average Bonchev–Trinajstić information content (AvgIpc) is 2.13. The van der Waals surface area contributed by atoms with Crippen molar-refractivity contribution in [1.82, 2.24) is 15.0 Å². The van der Waals surface area contributed by atoms with Crippen LogP contribution in [0.25, 0.3) is 0 Å². The van der Waals surface area contributed by atoms with Gasteiger partial charge < -0.3 is 15.5 Å². The van der Waals surface area contributed by atoms with Gasteiger partial charge in [-0.3, -0.25) is 0 Å². The number of anilines is 1. The predicted molar refractivity (Wildman–Crippen MR) is 63.5 cm³/mol. The van der Waals surface area contributed by atoms with Crippen molar-refractivity contribution in [3.8, 4) is 0 Å². The molecular formula is C10H16N4OS. The number of nitrogens with one attached hydrogen (secondary N) is 1. The summed E-state index contributed by atoms with van der Waals surface area (Å²) in [6.07, 6.45) is 3.49. The lowest BCUT2D eigenvalue weighted by Crippen LogP contribution is -2.33. The fourth-order valence-electron chi connectivity index (χ4n) is 2.03. The molecule has 0 unspecified atom stereocenters. The fourth-order valence-corrected chi connectivity index (χ4v) is 2.24. The summed E-state index contributed by atoms with van der Waals surface area (Å²) in [6, 6.07) is 0. The second-order valence-electron chi connectivity index (χ2n) is 4.08. The third-order valence-corrected chi connectivity index (χ3v) is 2.98. The van der Waals surface area contributed by atoms with Gasteiger partial charge in [0.05, 0.1) is 6.10 Å². The molecule has 2 rings (SSSR count). The van der Waals surface area contributed by atoms with Gasteiger partial charge in [0.15, 0.2) is 0 Å². The number of H-pyrrole nitrogens is 1. The molecular weight excluding hydrogens is 224 g/mol. The lowest BCUT2D eigenvalue weighted by atomic mass is 9.80. The predicted octanol–water partition coefficient (Wildman–Crippen LogP) is 1.47. The molecule has 3 N–H and O–H groups in total. The first-order chi connectivity index (χ1) is 7.67. The Hall–Kier alpha value is -1.01. The lowest BCUT2D eigenvalue weighted by Gasteiger charge is -2.34. The molecule has 0 atom stereocenters. The number of nitrogen functional groups attached to an aromatic ring is 1. The molecule has 0 saturated heterocycles. The van der Waals surface area contributed by atoms with E-state index in [0.717, 1.165) is 31.7 Å². The maximum Gasteiger partial charge on any atom is 0.224 e. The number of nitrogens with two attached hydrogens (primary N) is 1. The Bertz CT molecular complexity index is 414. The van der Waals surface area contributed by atoms with Crippen LogP contribution in [0.4, 0.5) is 5.95 Å². The van der Waals surface area contributed by atoms with Gasteiger partial charge in [-0.25, -0.2) is 4.98 Å². The fraction of sp³-hybridized carbons (Fsp3) is 0.700. The van der Waals surface area contributed by atoms with E-state index in [1.807, 2.05) is 6.92 Å². The first-order valence-electron chi connectivity index (χ1n) is 5.51. The Morgan fingerprint density at radius 2 is 2.25 bits per heavy atom. The third-order valence-electron chi connectivity index (χ3n) is 2.80. The molecule has 1 aromatic heterocycles. The van der Waals surface area contributed by atoms with Crippen molar-refractivity contribution in [2.75, 3.05) is 12.3 Å². The van der Waals surface area contributed by atoms with E-state index in [1.54, 1.807) is 0 Å². The summed E-state index contributed by atoms with van der Waals surface area (Å²) >= 11 is 4.91. The molecule has 88 valence electrons. The Kier molecular flexibility index (Phi) is 3.50. The number of hydrogen-bond donors (Lipinski definition) is 2. The molecule has 1 fully saturated rings. The molecule has 0 aliphatic heterocycles. The van der Waals surface area contributed by atoms with Crippen LogP contribution in [0.1, 0.15) is 25.6 Å². The highest BCUT2D eigenvalue weighted by Crippen LogP contribution is 2.32. The molecule has 0 amide bonds. The van der Waals surface area contributed by atoms with Gasteiger partial charge >= 0.3 is 0 Å². The molecule has 16 heavy (non-hydrogen) atoms. The summed E-state index contributed by atoms with van der Waals surface area (Å²) in [4.78, 5) is 10.9. The summed E-state index contributed by atoms with van der Waals surface area (Å²) in [5, 5.41) is 0. The highest BCUT2D eigenvalue weighted by molar-refractivity contribution is 7.71. The largest absolute Gasteiger partial charge is 0.378 e. The molecule has 6 heteroatoms. The first kappa shape index (κ1) is 11.5. The molecule has 1 aliphatic rings. The Labute approximate surface area is 99.5 Å². The summed E-state index contributed by atoms with van der Waals surface area (Å²) in [7, 11) is 0. The van der Waals surface area contributed by atoms with Crippen LogP contribution in [-0.2, 0) is 11.2 Å². The van der Waals surface area contributed by atoms with Gasteiger partial charge in [-0.1, -0.05) is 0 Å². The molecule has 5 nitrogen and oxygen atoms in total. The zero-order valence-electron chi connectivity index (χ0n) is 9.27. The van der Waals surface area contributed by atoms with Gasteiger partial charge in [-0.05, 0) is 37.9 Å². The SMILES string of the molecule is CCOC1CC(Cc2nc(=S)nc(N)[nH]2)C1. The molecule has 1 saturated carbocycles. The topological polar surface area (TPSA) is 76.8 Å². The van der Waals surface area contributed by atoms with Crippen LogP contribution >= 0.6 is 12.2 Å². The van der Waals surface area contributed by atoms with E-state index >= 15 is 0 Å². The van der Waals surface area contributed by atoms with Gasteiger partial charge in [0, 0.05) is 13.0 Å². The van der Waals surface area contributed by atoms with Gasteiger partial charge in [0.25, 0.3) is 0 Å². The minimum absolute atomic E-state index is 0.312. The molecule has 1 aliphatic carbocycles. The smallest absolute Gasteiger partial charge is 0.224 e. The number of aromatic amines is 1. The van der Waals surface area contributed by atoms with Crippen molar-refractivity contribution >= 4 is 18.2 Å². The van der Waals surface area contributed by atoms with Crippen LogP contribution in [0.3, 0.4) is 0 Å². The van der Waals surface area contributed by atoms with Gasteiger partial charge in [-0.15, -0.1) is 0 Å². The van der Waals surface area contributed by atoms with E-state index in [2.05, 4.69) is 15.0 Å². The highest BCUT2D eigenvalue weighted by atomic mass is 32.1. The second-order valence-corrected chi connectivity index (χ2v) is 4.45. The van der Waals surface area contributed by atoms with Crippen LogP contribution < -0.4 is 5.73 Å². The monoisotopic (exact) mass is 240 g/mol. The van der Waals surface area contributed by atoms with Crippen molar-refractivity contribution in [3.05, 3.63) is 10.6 Å². The molecule has 0 spiro atoms. The van der Waals surface area contributed by atoms with E-state index in [1.165, 1.54) is 0 Å². The maximum absolute atomic E-state index is 5.57. The summed E-state index contributed by atoms with van der Waals surface area (Å²) in [5.41, 5.74) is 5.57. The molecule has 1 aromatic rings. The third kappa shape index (κ3) is 2.76. The normalized spacial score (nSPS) is 24.1. The van der Waals surface area contributed by atoms with Crippen LogP contribution in [0.15, 0.2) is 0 Å². The minimum atomic E-state index is 0.312. The van der Waals surface area contributed by atoms with E-state index in [9.17, 15) is 0 Å². The number of rotatable bonds is 4. The average molecular weight is 240 g/mol. The van der Waals surface area contributed by atoms with E-state index in [-0.39, 0.29) is 0 Å². The zero-order chi connectivity index (χ0) is 11.5. The van der Waals surface area contributed by atoms with Crippen molar-refractivity contribution in [2.24, 2.45) is 5.92 Å². The number of nitrogens with zero attached hydrogens (tertiary/aromatic N) is 2. The number of hydrogen-bond acceptors (Lipinski definition) is 5. The van der Waals surface area contributed by atoms with Gasteiger partial charge in [0.1, 0.15) is 5.82 Å². The van der Waals surface area contributed by atoms with Crippen molar-refractivity contribution < 1.29 is 4.74 Å². The number of ether oxygens (including phenoxy) is 1. The standard InChI is InChI=1S/C10H16N4OS/c1-2-15-7-3-6(4-7)5-8-12-9(11)14-10(16)13-8/h6-7H,2-5H2,1H3,(H3,11,12,13,14,16). The minimum Gasteiger partial charge on any atom is -0.378 e. The van der Waals surface area contributed by atoms with Gasteiger partial charge in [-0.2, -0.15) is 4.98 Å². The molecule has 0 bridgehead atoms. The van der Waals surface area contributed by atoms with Gasteiger partial charge in [0.2, 0.25) is 10.7 Å². The zero-order valence-corrected chi connectivity index (χ0v) is 10.1. The van der Waals surface area contributed by atoms with E-state index < -0.39 is 0 Å². The molecule has 1 heterocycles. The summed E-state index contributed by atoms with van der Waals surface area (Å²) in [6.45, 7) is 2.82. The Morgan fingerprint density at radius 3 is 2.88 bits per heavy atom. The summed E-state index contributed by atoms with van der Waals surface area (Å²) < 4.78 is 5.82. The number of aromatic nitrogens is 3. The molecule has 0 aromatic carbocycles.